The second-order valence-electron chi connectivity index (χ2n) is 5.00. The molecule has 0 heterocycles. The van der Waals surface area contributed by atoms with Crippen LogP contribution < -0.4 is 5.14 Å². The number of nitrogens with two attached hydrogens (primary N) is 1. The summed E-state index contributed by atoms with van der Waals surface area (Å²) >= 11 is 1.51. The molecule has 128 valence electrons. The smallest absolute Gasteiger partial charge is 0.225 e. The van der Waals surface area contributed by atoms with Crippen LogP contribution in [0.5, 0.6) is 0 Å². The Kier molecular flexibility index (Phi) is 5.87. The molecule has 5 nitrogen and oxygen atoms in total. The molecule has 0 saturated heterocycles. The van der Waals surface area contributed by atoms with Gasteiger partial charge in [0.2, 0.25) is 10.0 Å². The van der Waals surface area contributed by atoms with E-state index in [2.05, 4.69) is 0 Å². The first-order valence-corrected chi connectivity index (χ1v) is 11.4. The van der Waals surface area contributed by atoms with E-state index in [-0.39, 0.29) is 10.5 Å². The van der Waals surface area contributed by atoms with Crippen molar-refractivity contribution in [3.8, 4) is 0 Å². The van der Waals surface area contributed by atoms with Gasteiger partial charge in [-0.05, 0) is 35.6 Å². The first-order valence-electron chi connectivity index (χ1n) is 6.87. The molecule has 0 aliphatic heterocycles. The van der Waals surface area contributed by atoms with Gasteiger partial charge in [0.25, 0.3) is 0 Å². The van der Waals surface area contributed by atoms with E-state index in [0.29, 0.717) is 0 Å². The van der Waals surface area contributed by atoms with Crippen LogP contribution in [0.25, 0.3) is 6.08 Å². The van der Waals surface area contributed by atoms with Crippen molar-refractivity contribution in [3.63, 3.8) is 0 Å². The van der Waals surface area contributed by atoms with Gasteiger partial charge in [-0.15, -0.1) is 11.8 Å². The lowest BCUT2D eigenvalue weighted by atomic mass is 10.2. The lowest BCUT2D eigenvalue weighted by Gasteiger charge is -2.07. The Morgan fingerprint density at radius 1 is 1.00 bits per heavy atom. The average molecular weight is 384 g/mol. The van der Waals surface area contributed by atoms with Gasteiger partial charge in [-0.3, -0.25) is 0 Å². The van der Waals surface area contributed by atoms with Gasteiger partial charge in [0.05, 0.1) is 10.6 Å². The van der Waals surface area contributed by atoms with Crippen LogP contribution in [0.2, 0.25) is 0 Å². The maximum absolute atomic E-state index is 12.3. The predicted octanol–water partition coefficient (Wildman–Crippen LogP) is 2.64. The Labute approximate surface area is 146 Å². The number of hydrogen-bond acceptors (Lipinski definition) is 5. The van der Waals surface area contributed by atoms with Gasteiger partial charge in [0, 0.05) is 10.3 Å². The normalized spacial score (nSPS) is 12.6. The minimum atomic E-state index is -3.98. The SMILES string of the molecule is CSc1ccccc1/C=C/S(=O)(=O)Cc1ccccc1S(N)(=O)=O. The molecule has 0 unspecified atom stereocenters. The third-order valence-electron chi connectivity index (χ3n) is 3.23. The topological polar surface area (TPSA) is 94.3 Å². The number of benzene rings is 2. The lowest BCUT2D eigenvalue weighted by Crippen LogP contribution is -2.15. The van der Waals surface area contributed by atoms with Gasteiger partial charge in [-0.2, -0.15) is 0 Å². The molecule has 2 rings (SSSR count). The van der Waals surface area contributed by atoms with Crippen LogP contribution in [0.1, 0.15) is 11.1 Å². The van der Waals surface area contributed by atoms with E-state index >= 15 is 0 Å². The second kappa shape index (κ2) is 7.52. The summed E-state index contributed by atoms with van der Waals surface area (Å²) in [5.41, 5.74) is 0.941. The maximum Gasteiger partial charge on any atom is 0.238 e. The monoisotopic (exact) mass is 383 g/mol. The summed E-state index contributed by atoms with van der Waals surface area (Å²) in [4.78, 5) is 0.778. The Morgan fingerprint density at radius 2 is 1.62 bits per heavy atom. The largest absolute Gasteiger partial charge is 0.238 e. The summed E-state index contributed by atoms with van der Waals surface area (Å²) < 4.78 is 47.8. The standard InChI is InChI=1S/C16H17NO4S3/c1-22-15-8-4-2-6-13(15)10-11-23(18,19)12-14-7-3-5-9-16(14)24(17,20)21/h2-11H,12H2,1H3,(H2,17,20,21)/b11-10+. The summed E-state index contributed by atoms with van der Waals surface area (Å²) in [5.74, 6) is -0.433. The number of rotatable bonds is 6. The molecule has 0 bridgehead atoms. The minimum Gasteiger partial charge on any atom is -0.225 e. The number of sulfonamides is 1. The van der Waals surface area contributed by atoms with Crippen molar-refractivity contribution in [2.24, 2.45) is 5.14 Å². The van der Waals surface area contributed by atoms with Crippen molar-refractivity contribution in [3.05, 3.63) is 65.1 Å². The molecule has 0 aromatic heterocycles. The minimum absolute atomic E-state index is 0.155. The van der Waals surface area contributed by atoms with Crippen LogP contribution in [-0.4, -0.2) is 23.1 Å². The molecule has 2 N–H and O–H groups in total. The van der Waals surface area contributed by atoms with E-state index < -0.39 is 25.6 Å². The third kappa shape index (κ3) is 4.94. The molecule has 0 spiro atoms. The Balaban J connectivity index is 2.32. The summed E-state index contributed by atoms with van der Waals surface area (Å²) in [5, 5.41) is 6.24. The van der Waals surface area contributed by atoms with Crippen LogP contribution in [0.15, 0.2) is 63.7 Å². The Bertz CT molecular complexity index is 964. The highest BCUT2D eigenvalue weighted by atomic mass is 32.2. The van der Waals surface area contributed by atoms with Gasteiger partial charge in [-0.1, -0.05) is 36.4 Å². The molecule has 2 aromatic carbocycles. The number of sulfone groups is 1. The average Bonchev–Trinajstić information content (AvgIpc) is 2.52. The number of primary sulfonamides is 1. The Morgan fingerprint density at radius 3 is 2.29 bits per heavy atom. The molecular weight excluding hydrogens is 366 g/mol. The van der Waals surface area contributed by atoms with E-state index in [4.69, 9.17) is 5.14 Å². The van der Waals surface area contributed by atoms with E-state index in [0.717, 1.165) is 15.9 Å². The highest BCUT2D eigenvalue weighted by Gasteiger charge is 2.17. The van der Waals surface area contributed by atoms with Crippen LogP contribution in [0.3, 0.4) is 0 Å². The van der Waals surface area contributed by atoms with Gasteiger partial charge < -0.3 is 0 Å². The third-order valence-corrected chi connectivity index (χ3v) is 6.32. The quantitative estimate of drug-likeness (QED) is 0.774. The molecule has 8 heteroatoms. The van der Waals surface area contributed by atoms with Crippen molar-refractivity contribution in [1.29, 1.82) is 0 Å². The van der Waals surface area contributed by atoms with Gasteiger partial charge in [-0.25, -0.2) is 22.0 Å². The summed E-state index contributed by atoms with van der Waals surface area (Å²) in [6, 6.07) is 13.2. The molecule has 0 fully saturated rings. The van der Waals surface area contributed by atoms with E-state index in [1.54, 1.807) is 6.07 Å². The molecule has 0 aliphatic carbocycles. The molecule has 0 atom stereocenters. The van der Waals surface area contributed by atoms with Crippen molar-refractivity contribution in [1.82, 2.24) is 0 Å². The molecule has 24 heavy (non-hydrogen) atoms. The van der Waals surface area contributed by atoms with Gasteiger partial charge in [0.1, 0.15) is 0 Å². The molecule has 0 radical (unpaired) electrons. The fourth-order valence-electron chi connectivity index (χ4n) is 2.15. The van der Waals surface area contributed by atoms with Crippen LogP contribution in [0.4, 0.5) is 0 Å². The van der Waals surface area contributed by atoms with Gasteiger partial charge in [0.15, 0.2) is 9.84 Å². The molecule has 2 aromatic rings. The van der Waals surface area contributed by atoms with Crippen LogP contribution >= 0.6 is 11.8 Å². The Hall–Kier alpha value is -1.61. The lowest BCUT2D eigenvalue weighted by molar-refractivity contribution is 0.596. The van der Waals surface area contributed by atoms with E-state index in [1.807, 2.05) is 30.5 Å². The summed E-state index contributed by atoms with van der Waals surface area (Å²) in [7, 11) is -7.63. The van der Waals surface area contributed by atoms with Crippen molar-refractivity contribution >= 4 is 37.7 Å². The first kappa shape index (κ1) is 18.7. The highest BCUT2D eigenvalue weighted by molar-refractivity contribution is 7.98. The fraction of sp³-hybridized carbons (Fsp3) is 0.125. The molecule has 0 amide bonds. The van der Waals surface area contributed by atoms with Crippen LogP contribution in [-0.2, 0) is 25.6 Å². The maximum atomic E-state index is 12.3. The van der Waals surface area contributed by atoms with E-state index in [9.17, 15) is 16.8 Å². The van der Waals surface area contributed by atoms with Crippen molar-refractivity contribution in [2.75, 3.05) is 6.26 Å². The second-order valence-corrected chi connectivity index (χ2v) is 9.27. The zero-order valence-electron chi connectivity index (χ0n) is 12.9. The highest BCUT2D eigenvalue weighted by Crippen LogP contribution is 2.22. The number of hydrogen-bond donors (Lipinski definition) is 1. The first-order chi connectivity index (χ1) is 11.2. The van der Waals surface area contributed by atoms with Crippen molar-refractivity contribution < 1.29 is 16.8 Å². The molecular formula is C16H17NO4S3. The van der Waals surface area contributed by atoms with Crippen molar-refractivity contribution in [2.45, 2.75) is 15.5 Å². The van der Waals surface area contributed by atoms with E-state index in [1.165, 1.54) is 36.0 Å². The van der Waals surface area contributed by atoms with Gasteiger partial charge >= 0.3 is 0 Å². The zero-order valence-corrected chi connectivity index (χ0v) is 15.4. The predicted molar refractivity (Wildman–Crippen MR) is 97.7 cm³/mol. The fourth-order valence-corrected chi connectivity index (χ4v) is 4.73. The van der Waals surface area contributed by atoms with Crippen LogP contribution in [0, 0.1) is 0 Å². The zero-order chi connectivity index (χ0) is 17.8. The summed E-state index contributed by atoms with van der Waals surface area (Å²) in [6.07, 6.45) is 3.42. The molecule has 0 saturated carbocycles. The summed E-state index contributed by atoms with van der Waals surface area (Å²) in [6.45, 7) is 0. The number of thioether (sulfide) groups is 1. The molecule has 0 aliphatic rings.